The van der Waals surface area contributed by atoms with Gasteiger partial charge in [-0.25, -0.2) is 0 Å². The molecule has 0 spiro atoms. The van der Waals surface area contributed by atoms with E-state index in [9.17, 15) is 0 Å². The summed E-state index contributed by atoms with van der Waals surface area (Å²) in [6.45, 7) is 0.951. The van der Waals surface area contributed by atoms with Crippen molar-refractivity contribution < 1.29 is 9.47 Å². The highest BCUT2D eigenvalue weighted by Gasteiger charge is 2.25. The van der Waals surface area contributed by atoms with Gasteiger partial charge in [-0.05, 0) is 19.3 Å². The molecule has 1 unspecified atom stereocenters. The Bertz CT molecular complexity index is 382. The molecule has 1 aliphatic rings. The Labute approximate surface area is 115 Å². The van der Waals surface area contributed by atoms with E-state index in [-0.39, 0.29) is 12.0 Å². The maximum absolute atomic E-state index is 5.08. The van der Waals surface area contributed by atoms with E-state index in [2.05, 4.69) is 35.8 Å². The summed E-state index contributed by atoms with van der Waals surface area (Å²) in [5.74, 6) is 0.628. The lowest BCUT2D eigenvalue weighted by atomic mass is 10.0. The van der Waals surface area contributed by atoms with Gasteiger partial charge in [0, 0.05) is 17.9 Å². The van der Waals surface area contributed by atoms with Crippen LogP contribution in [0.2, 0.25) is 0 Å². The molecule has 0 aromatic carbocycles. The first-order valence-electron chi connectivity index (χ1n) is 5.95. The average Bonchev–Trinajstić information content (AvgIpc) is 2.46. The number of hydrogen-bond donors (Lipinski definition) is 0. The SMILES string of the molecule is COc1nc(OC)nc(N2CCCCC2CBr)n1. The zero-order valence-corrected chi connectivity index (χ0v) is 12.2. The topological polar surface area (TPSA) is 60.4 Å². The standard InChI is InChI=1S/C11H17BrN4O2/c1-17-10-13-9(14-11(15-10)18-2)16-6-4-3-5-8(16)7-12/h8H,3-7H2,1-2H3. The Morgan fingerprint density at radius 1 is 1.17 bits per heavy atom. The molecule has 1 fully saturated rings. The lowest BCUT2D eigenvalue weighted by Crippen LogP contribution is -2.41. The molecule has 1 saturated heterocycles. The molecule has 0 aliphatic carbocycles. The predicted octanol–water partition coefficient (Wildman–Crippen LogP) is 1.64. The molecule has 2 heterocycles. The van der Waals surface area contributed by atoms with Crippen LogP contribution in [0.15, 0.2) is 0 Å². The van der Waals surface area contributed by atoms with Crippen molar-refractivity contribution >= 4 is 21.9 Å². The van der Waals surface area contributed by atoms with Crippen LogP contribution in [0.25, 0.3) is 0 Å². The fraction of sp³-hybridized carbons (Fsp3) is 0.727. The number of nitrogens with zero attached hydrogens (tertiary/aromatic N) is 4. The number of alkyl halides is 1. The molecule has 0 amide bonds. The van der Waals surface area contributed by atoms with Crippen molar-refractivity contribution in [1.29, 1.82) is 0 Å². The third kappa shape index (κ3) is 2.82. The Kier molecular flexibility index (Phi) is 4.57. The smallest absolute Gasteiger partial charge is 0.324 e. The molecule has 7 heteroatoms. The van der Waals surface area contributed by atoms with Crippen LogP contribution < -0.4 is 14.4 Å². The second-order valence-corrected chi connectivity index (χ2v) is 4.75. The zero-order valence-electron chi connectivity index (χ0n) is 10.6. The molecule has 1 atom stereocenters. The van der Waals surface area contributed by atoms with Crippen LogP contribution in [0.4, 0.5) is 5.95 Å². The third-order valence-corrected chi connectivity index (χ3v) is 3.76. The molecule has 1 aliphatic heterocycles. The highest BCUT2D eigenvalue weighted by molar-refractivity contribution is 9.09. The van der Waals surface area contributed by atoms with Gasteiger partial charge in [0.05, 0.1) is 14.2 Å². The Morgan fingerprint density at radius 2 is 1.83 bits per heavy atom. The molecule has 2 rings (SSSR count). The van der Waals surface area contributed by atoms with Crippen LogP contribution in [-0.2, 0) is 0 Å². The first-order valence-corrected chi connectivity index (χ1v) is 7.07. The Balaban J connectivity index is 2.29. The average molecular weight is 317 g/mol. The molecule has 100 valence electrons. The van der Waals surface area contributed by atoms with E-state index < -0.39 is 0 Å². The number of anilines is 1. The van der Waals surface area contributed by atoms with Gasteiger partial charge in [-0.1, -0.05) is 15.9 Å². The molecule has 0 saturated carbocycles. The van der Waals surface area contributed by atoms with E-state index in [1.807, 2.05) is 0 Å². The second-order valence-electron chi connectivity index (χ2n) is 4.11. The van der Waals surface area contributed by atoms with Crippen LogP contribution in [0, 0.1) is 0 Å². The summed E-state index contributed by atoms with van der Waals surface area (Å²) in [7, 11) is 3.08. The van der Waals surface area contributed by atoms with E-state index in [4.69, 9.17) is 9.47 Å². The fourth-order valence-corrected chi connectivity index (χ4v) is 2.74. The van der Waals surface area contributed by atoms with Crippen LogP contribution in [0.1, 0.15) is 19.3 Å². The maximum Gasteiger partial charge on any atom is 0.324 e. The van der Waals surface area contributed by atoms with Gasteiger partial charge in [0.2, 0.25) is 5.95 Å². The summed E-state index contributed by atoms with van der Waals surface area (Å²) < 4.78 is 10.2. The highest BCUT2D eigenvalue weighted by atomic mass is 79.9. The summed E-state index contributed by atoms with van der Waals surface area (Å²) in [5.41, 5.74) is 0. The van der Waals surface area contributed by atoms with Gasteiger partial charge < -0.3 is 14.4 Å². The predicted molar refractivity (Wildman–Crippen MR) is 71.7 cm³/mol. The third-order valence-electron chi connectivity index (χ3n) is 3.01. The number of piperidine rings is 1. The maximum atomic E-state index is 5.08. The van der Waals surface area contributed by atoms with Gasteiger partial charge in [0.25, 0.3) is 0 Å². The minimum Gasteiger partial charge on any atom is -0.467 e. The number of ether oxygens (including phenoxy) is 2. The molecular weight excluding hydrogens is 300 g/mol. The van der Waals surface area contributed by atoms with Crippen molar-refractivity contribution in [2.75, 3.05) is 31.0 Å². The molecular formula is C11H17BrN4O2. The minimum absolute atomic E-state index is 0.288. The second kappa shape index (κ2) is 6.17. The molecule has 1 aromatic rings. The van der Waals surface area contributed by atoms with Gasteiger partial charge in [-0.3, -0.25) is 0 Å². The molecule has 18 heavy (non-hydrogen) atoms. The van der Waals surface area contributed by atoms with E-state index in [0.717, 1.165) is 24.7 Å². The summed E-state index contributed by atoms with van der Waals surface area (Å²) in [6, 6.07) is 0.988. The van der Waals surface area contributed by atoms with Crippen molar-refractivity contribution in [3.8, 4) is 12.0 Å². The number of halogens is 1. The Hall–Kier alpha value is -1.11. The van der Waals surface area contributed by atoms with E-state index in [1.165, 1.54) is 20.6 Å². The van der Waals surface area contributed by atoms with Gasteiger partial charge in [-0.15, -0.1) is 4.98 Å². The monoisotopic (exact) mass is 316 g/mol. The number of methoxy groups -OCH3 is 2. The summed E-state index contributed by atoms with van der Waals surface area (Å²) in [5, 5.41) is 0.906. The lowest BCUT2D eigenvalue weighted by molar-refractivity contribution is 0.338. The number of aromatic nitrogens is 3. The number of hydrogen-bond acceptors (Lipinski definition) is 6. The van der Waals surface area contributed by atoms with Crippen molar-refractivity contribution in [2.45, 2.75) is 25.3 Å². The Morgan fingerprint density at radius 3 is 2.39 bits per heavy atom. The van der Waals surface area contributed by atoms with Gasteiger partial charge in [0.15, 0.2) is 0 Å². The largest absolute Gasteiger partial charge is 0.467 e. The first kappa shape index (κ1) is 13.3. The van der Waals surface area contributed by atoms with Crippen LogP contribution in [-0.4, -0.2) is 47.1 Å². The van der Waals surface area contributed by atoms with Gasteiger partial charge in [0.1, 0.15) is 0 Å². The van der Waals surface area contributed by atoms with Crippen LogP contribution >= 0.6 is 15.9 Å². The number of rotatable bonds is 4. The van der Waals surface area contributed by atoms with E-state index in [1.54, 1.807) is 0 Å². The van der Waals surface area contributed by atoms with Crippen LogP contribution in [0.3, 0.4) is 0 Å². The van der Waals surface area contributed by atoms with Crippen molar-refractivity contribution in [1.82, 2.24) is 15.0 Å². The van der Waals surface area contributed by atoms with Gasteiger partial charge in [-0.2, -0.15) is 9.97 Å². The molecule has 1 aromatic heterocycles. The highest BCUT2D eigenvalue weighted by Crippen LogP contribution is 2.25. The molecule has 6 nitrogen and oxygen atoms in total. The molecule has 0 radical (unpaired) electrons. The van der Waals surface area contributed by atoms with E-state index >= 15 is 0 Å². The summed E-state index contributed by atoms with van der Waals surface area (Å²) in [4.78, 5) is 14.8. The van der Waals surface area contributed by atoms with Crippen LogP contribution in [0.5, 0.6) is 12.0 Å². The molecule has 0 bridgehead atoms. The lowest BCUT2D eigenvalue weighted by Gasteiger charge is -2.34. The van der Waals surface area contributed by atoms with Crippen molar-refractivity contribution in [3.63, 3.8) is 0 Å². The van der Waals surface area contributed by atoms with Crippen molar-refractivity contribution in [3.05, 3.63) is 0 Å². The minimum atomic E-state index is 0.288. The zero-order chi connectivity index (χ0) is 13.0. The fourth-order valence-electron chi connectivity index (χ4n) is 2.06. The quantitative estimate of drug-likeness (QED) is 0.787. The normalized spacial score (nSPS) is 19.7. The molecule has 0 N–H and O–H groups in total. The summed E-state index contributed by atoms with van der Waals surface area (Å²) >= 11 is 3.54. The summed E-state index contributed by atoms with van der Waals surface area (Å²) in [6.07, 6.45) is 3.54. The first-order chi connectivity index (χ1) is 8.78. The van der Waals surface area contributed by atoms with Gasteiger partial charge >= 0.3 is 12.0 Å². The van der Waals surface area contributed by atoms with E-state index in [0.29, 0.717) is 12.0 Å². The van der Waals surface area contributed by atoms with Crippen molar-refractivity contribution in [2.24, 2.45) is 0 Å².